The molecule has 0 aliphatic heterocycles. The van der Waals surface area contributed by atoms with E-state index in [1.807, 2.05) is 0 Å². The van der Waals surface area contributed by atoms with Gasteiger partial charge in [0.1, 0.15) is 6.67 Å². The number of hydrogen-bond donors (Lipinski definition) is 2. The number of rotatable bonds is 3. The molecule has 0 radical (unpaired) electrons. The van der Waals surface area contributed by atoms with Gasteiger partial charge in [0, 0.05) is 0 Å². The summed E-state index contributed by atoms with van der Waals surface area (Å²) in [6, 6.07) is 0. The van der Waals surface area contributed by atoms with Crippen molar-refractivity contribution in [2.24, 2.45) is 0 Å². The van der Waals surface area contributed by atoms with Gasteiger partial charge in [-0.3, -0.25) is 0 Å². The zero-order valence-corrected chi connectivity index (χ0v) is 7.48. The summed E-state index contributed by atoms with van der Waals surface area (Å²) in [7, 11) is -2.62. The summed E-state index contributed by atoms with van der Waals surface area (Å²) in [5, 5.41) is 16.6. The molecule has 0 heterocycles. The summed E-state index contributed by atoms with van der Waals surface area (Å²) < 4.78 is 67.2. The Morgan fingerprint density at radius 1 is 0.938 bits per heavy atom. The molecule has 3 nitrogen and oxygen atoms in total. The number of alkyl halides is 1. The molecule has 1 rings (SSSR count). The van der Waals surface area contributed by atoms with Crippen molar-refractivity contribution in [1.29, 1.82) is 0 Å². The summed E-state index contributed by atoms with van der Waals surface area (Å²) in [6.45, 7) is -1.71. The first kappa shape index (κ1) is 12.7. The second-order valence-corrected chi connectivity index (χ2v) is 2.64. The van der Waals surface area contributed by atoms with Crippen LogP contribution in [0, 0.1) is 23.3 Å². The Hall–Kier alpha value is -1.35. The van der Waals surface area contributed by atoms with Crippen molar-refractivity contribution in [2.45, 2.75) is 6.67 Å². The van der Waals surface area contributed by atoms with E-state index >= 15 is 0 Å². The van der Waals surface area contributed by atoms with Crippen LogP contribution >= 0.6 is 0 Å². The average Bonchev–Trinajstić information content (AvgIpc) is 2.23. The van der Waals surface area contributed by atoms with Gasteiger partial charge in [-0.15, -0.1) is 0 Å². The molecule has 1 aromatic carbocycles. The Morgan fingerprint density at radius 2 is 1.44 bits per heavy atom. The lowest BCUT2D eigenvalue weighted by Crippen LogP contribution is -2.23. The van der Waals surface area contributed by atoms with Gasteiger partial charge in [0.05, 0.1) is 5.56 Å². The fraction of sp³-hybridized carbons (Fsp3) is 0.143. The second-order valence-electron chi connectivity index (χ2n) is 2.64. The Morgan fingerprint density at radius 3 is 1.88 bits per heavy atom. The highest BCUT2D eigenvalue weighted by molar-refractivity contribution is 6.33. The van der Waals surface area contributed by atoms with E-state index in [9.17, 15) is 22.0 Å². The van der Waals surface area contributed by atoms with Crippen LogP contribution in [-0.2, 0) is 6.67 Å². The normalized spacial score (nSPS) is 10.4. The minimum atomic E-state index is -2.62. The van der Waals surface area contributed by atoms with Gasteiger partial charge in [-0.05, 0) is 0 Å². The highest BCUT2D eigenvalue weighted by atomic mass is 19.2. The van der Waals surface area contributed by atoms with E-state index in [4.69, 9.17) is 10.0 Å². The van der Waals surface area contributed by atoms with E-state index in [0.29, 0.717) is 0 Å². The van der Waals surface area contributed by atoms with Gasteiger partial charge in [0.25, 0.3) is 0 Å². The van der Waals surface area contributed by atoms with Gasteiger partial charge >= 0.3 is 7.32 Å². The predicted octanol–water partition coefficient (Wildman–Crippen LogP) is 1.06. The molecular weight excluding hydrogens is 238 g/mol. The van der Waals surface area contributed by atoms with Gasteiger partial charge in [-0.1, -0.05) is 0 Å². The molecule has 0 unspecified atom stereocenters. The number of hydrogen-bond acceptors (Lipinski definition) is 3. The zero-order chi connectivity index (χ0) is 12.5. The summed E-state index contributed by atoms with van der Waals surface area (Å²) in [6.07, 6.45) is 0. The molecule has 0 saturated carbocycles. The second kappa shape index (κ2) is 4.66. The van der Waals surface area contributed by atoms with Crippen LogP contribution in [0.15, 0.2) is 0 Å². The first-order chi connectivity index (χ1) is 7.40. The van der Waals surface area contributed by atoms with E-state index < -0.39 is 48.6 Å². The fourth-order valence-electron chi connectivity index (χ4n) is 1.00. The molecule has 2 N–H and O–H groups in total. The Kier molecular flexibility index (Phi) is 3.71. The van der Waals surface area contributed by atoms with Gasteiger partial charge in [-0.25, -0.2) is 17.6 Å². The molecule has 0 fully saturated rings. The minimum Gasteiger partial charge on any atom is -0.509 e. The molecule has 0 aromatic heterocycles. The van der Waals surface area contributed by atoms with Crippen LogP contribution in [-0.4, -0.2) is 17.4 Å². The smallest absolute Gasteiger partial charge is 0.509 e. The zero-order valence-electron chi connectivity index (χ0n) is 7.48. The topological polar surface area (TPSA) is 49.7 Å². The fourth-order valence-corrected chi connectivity index (χ4v) is 1.00. The Bertz CT molecular complexity index is 412. The van der Waals surface area contributed by atoms with Crippen molar-refractivity contribution in [1.82, 2.24) is 0 Å². The van der Waals surface area contributed by atoms with Gasteiger partial charge < -0.3 is 14.7 Å². The molecule has 16 heavy (non-hydrogen) atoms. The van der Waals surface area contributed by atoms with Gasteiger partial charge in [0.2, 0.25) is 11.6 Å². The molecule has 0 bridgehead atoms. The molecule has 88 valence electrons. The van der Waals surface area contributed by atoms with Crippen LogP contribution in [0.2, 0.25) is 0 Å². The van der Waals surface area contributed by atoms with E-state index in [-0.39, 0.29) is 0 Å². The third kappa shape index (κ3) is 2.09. The van der Waals surface area contributed by atoms with Gasteiger partial charge in [0.15, 0.2) is 17.4 Å². The maximum atomic E-state index is 13.0. The summed E-state index contributed by atoms with van der Waals surface area (Å²) in [5.41, 5.74) is -1.27. The summed E-state index contributed by atoms with van der Waals surface area (Å²) >= 11 is 0. The molecule has 0 atom stereocenters. The first-order valence-electron chi connectivity index (χ1n) is 3.83. The third-order valence-electron chi connectivity index (χ3n) is 1.67. The first-order valence-corrected chi connectivity index (χ1v) is 3.83. The van der Waals surface area contributed by atoms with E-state index in [2.05, 4.69) is 4.65 Å². The molecule has 1 aromatic rings. The predicted molar refractivity (Wildman–Crippen MR) is 41.9 cm³/mol. The summed E-state index contributed by atoms with van der Waals surface area (Å²) in [5.74, 6) is -9.89. The van der Waals surface area contributed by atoms with E-state index in [0.717, 1.165) is 0 Å². The Balaban J connectivity index is 3.44. The van der Waals surface area contributed by atoms with Crippen molar-refractivity contribution >= 4 is 7.32 Å². The number of halogens is 5. The maximum Gasteiger partial charge on any atom is 0.707 e. The summed E-state index contributed by atoms with van der Waals surface area (Å²) in [4.78, 5) is 0. The van der Waals surface area contributed by atoms with E-state index in [1.54, 1.807) is 0 Å². The van der Waals surface area contributed by atoms with Crippen LogP contribution in [0.3, 0.4) is 0 Å². The molecule has 0 amide bonds. The monoisotopic (exact) mass is 242 g/mol. The lowest BCUT2D eigenvalue weighted by Gasteiger charge is -2.12. The minimum absolute atomic E-state index is 1.27. The van der Waals surface area contributed by atoms with Crippen LogP contribution in [0.1, 0.15) is 5.56 Å². The molecule has 0 saturated heterocycles. The van der Waals surface area contributed by atoms with Crippen molar-refractivity contribution in [3.8, 4) is 5.75 Å². The molecule has 0 spiro atoms. The quantitative estimate of drug-likeness (QED) is 0.360. The molecular formula is C7H4BF5O3. The van der Waals surface area contributed by atoms with Crippen LogP contribution < -0.4 is 4.65 Å². The molecule has 0 aliphatic carbocycles. The highest BCUT2D eigenvalue weighted by Gasteiger charge is 2.28. The third-order valence-corrected chi connectivity index (χ3v) is 1.67. The lowest BCUT2D eigenvalue weighted by molar-refractivity contribution is 0.270. The molecule has 9 heteroatoms. The van der Waals surface area contributed by atoms with Crippen molar-refractivity contribution in [2.75, 3.05) is 0 Å². The average molecular weight is 242 g/mol. The standard InChI is InChI=1S/C7H4BF5O3/c9-1-2-3(10)4(11)5(12)6(13)7(2)16-8(14)15/h14-15H,1H2. The largest absolute Gasteiger partial charge is 0.707 e. The lowest BCUT2D eigenvalue weighted by atomic mass is 10.1. The van der Waals surface area contributed by atoms with Crippen LogP contribution in [0.4, 0.5) is 22.0 Å². The molecule has 0 aliphatic rings. The van der Waals surface area contributed by atoms with Crippen molar-refractivity contribution < 1.29 is 36.7 Å². The van der Waals surface area contributed by atoms with Crippen LogP contribution in [0.25, 0.3) is 0 Å². The SMILES string of the molecule is OB(O)Oc1c(F)c(F)c(F)c(F)c1CF. The highest BCUT2D eigenvalue weighted by Crippen LogP contribution is 2.31. The number of benzene rings is 1. The van der Waals surface area contributed by atoms with Crippen molar-refractivity contribution in [3.63, 3.8) is 0 Å². The van der Waals surface area contributed by atoms with E-state index in [1.165, 1.54) is 0 Å². The van der Waals surface area contributed by atoms with Crippen LogP contribution in [0.5, 0.6) is 5.75 Å². The van der Waals surface area contributed by atoms with Crippen molar-refractivity contribution in [3.05, 3.63) is 28.8 Å². The Labute approximate surface area is 86.3 Å². The maximum absolute atomic E-state index is 13.0. The van der Waals surface area contributed by atoms with Gasteiger partial charge in [-0.2, -0.15) is 4.39 Å².